The Morgan fingerprint density at radius 3 is 1.54 bits per heavy atom. The molecule has 0 bridgehead atoms. The molecular weight excluding hydrogens is 391 g/mol. The van der Waals surface area contributed by atoms with Crippen LogP contribution in [-0.4, -0.2) is 21.5 Å². The highest BCUT2D eigenvalue weighted by atomic mass is 32.1. The third kappa shape index (κ3) is 6.85. The number of hydrogen-bond acceptors (Lipinski definition) is 2. The Morgan fingerprint density at radius 2 is 1.11 bits per heavy atom. The second kappa shape index (κ2) is 9.55. The van der Waals surface area contributed by atoms with E-state index in [1.165, 1.54) is 26.4 Å². The number of ether oxygens (including phenoxy) is 2. The molecule has 28 heavy (non-hydrogen) atoms. The van der Waals surface area contributed by atoms with Gasteiger partial charge in [-0.2, -0.15) is 0 Å². The molecule has 0 radical (unpaired) electrons. The van der Waals surface area contributed by atoms with Crippen LogP contribution in [0.4, 0.5) is 17.3 Å². The van der Waals surface area contributed by atoms with E-state index in [-0.39, 0.29) is 0 Å². The number of rotatable bonds is 4. The third-order valence-corrected chi connectivity index (χ3v) is 4.73. The molecule has 2 aromatic carbocycles. The normalized spacial score (nSPS) is 10.7. The molecule has 0 saturated carbocycles. The molecule has 148 valence electrons. The van der Waals surface area contributed by atoms with E-state index in [1.807, 2.05) is 24.3 Å². The average molecular weight is 410 g/mol. The Balaban J connectivity index is 0.000000500. The molecule has 0 saturated heterocycles. The molecule has 0 aliphatic carbocycles. The Labute approximate surface area is 165 Å². The van der Waals surface area contributed by atoms with Gasteiger partial charge in [0, 0.05) is 24.6 Å². The Kier molecular flexibility index (Phi) is 7.40. The van der Waals surface area contributed by atoms with Crippen LogP contribution >= 0.6 is 11.3 Å². The van der Waals surface area contributed by atoms with Crippen molar-refractivity contribution in [1.82, 2.24) is 0 Å². The van der Waals surface area contributed by atoms with Gasteiger partial charge in [-0.05, 0) is 47.5 Å². The lowest BCUT2D eigenvalue weighted by Crippen LogP contribution is -2.02. The van der Waals surface area contributed by atoms with Crippen molar-refractivity contribution in [3.63, 3.8) is 0 Å². The first-order chi connectivity index (χ1) is 13.2. The van der Waals surface area contributed by atoms with E-state index in [0.717, 1.165) is 11.5 Å². The summed E-state index contributed by atoms with van der Waals surface area (Å²) in [6.45, 7) is 2.14. The van der Waals surface area contributed by atoms with Gasteiger partial charge in [0.05, 0.1) is 14.2 Å². The molecule has 1 heterocycles. The lowest BCUT2D eigenvalue weighted by molar-refractivity contribution is 0.368. The molecule has 0 aliphatic rings. The minimum atomic E-state index is -6.00. The average Bonchev–Trinajstić information content (AvgIpc) is 2.66. The standard InChI is InChI=1S/C20H19O2S.BF4/c1-14-12-17(15-4-8-18(21-2)9-5-15)13-20(23-14)16-6-10-19(22-3)11-7-16;2-1(3,4)5/h4-13H,1-3H3;/q+1;-1. The monoisotopic (exact) mass is 410 g/mol. The van der Waals surface area contributed by atoms with Crippen LogP contribution in [0.2, 0.25) is 0 Å². The van der Waals surface area contributed by atoms with Crippen LogP contribution in [0, 0.1) is 6.92 Å². The van der Waals surface area contributed by atoms with Crippen LogP contribution in [0.1, 0.15) is 4.88 Å². The Hall–Kier alpha value is -2.61. The number of aryl methyl sites for hydroxylation is 1. The van der Waals surface area contributed by atoms with Crippen molar-refractivity contribution in [1.29, 1.82) is 0 Å². The second-order valence-corrected chi connectivity index (χ2v) is 7.06. The van der Waals surface area contributed by atoms with E-state index in [9.17, 15) is 17.3 Å². The fourth-order valence-corrected chi connectivity index (χ4v) is 3.45. The second-order valence-electron chi connectivity index (χ2n) is 5.77. The Bertz CT molecular complexity index is 826. The molecule has 2 nitrogen and oxygen atoms in total. The van der Waals surface area contributed by atoms with Crippen LogP contribution in [-0.2, 0) is 0 Å². The highest BCUT2D eigenvalue weighted by Crippen LogP contribution is 2.33. The molecule has 0 N–H and O–H groups in total. The smallest absolute Gasteiger partial charge is 0.497 e. The molecule has 0 atom stereocenters. The van der Waals surface area contributed by atoms with Gasteiger partial charge >= 0.3 is 7.25 Å². The number of hydrogen-bond donors (Lipinski definition) is 0. The van der Waals surface area contributed by atoms with Gasteiger partial charge in [-0.3, -0.25) is 0 Å². The quantitative estimate of drug-likeness (QED) is 0.262. The molecule has 1 aromatic heterocycles. The van der Waals surface area contributed by atoms with E-state index in [1.54, 1.807) is 25.6 Å². The van der Waals surface area contributed by atoms with Gasteiger partial charge in [-0.25, -0.2) is 0 Å². The molecule has 3 aromatic rings. The highest BCUT2D eigenvalue weighted by molar-refractivity contribution is 7.15. The molecular formula is C20H19BF4O2S. The first-order valence-electron chi connectivity index (χ1n) is 8.30. The van der Waals surface area contributed by atoms with Gasteiger partial charge in [0.25, 0.3) is 0 Å². The number of benzene rings is 2. The van der Waals surface area contributed by atoms with Crippen molar-refractivity contribution in [3.8, 4) is 33.1 Å². The zero-order valence-corrected chi connectivity index (χ0v) is 16.4. The van der Waals surface area contributed by atoms with Crippen LogP contribution in [0.5, 0.6) is 11.5 Å². The third-order valence-electron chi connectivity index (χ3n) is 3.71. The minimum absolute atomic E-state index is 0.875. The summed E-state index contributed by atoms with van der Waals surface area (Å²) in [4.78, 5) is 2.53. The van der Waals surface area contributed by atoms with Gasteiger partial charge in [0.15, 0.2) is 0 Å². The summed E-state index contributed by atoms with van der Waals surface area (Å²) in [6.07, 6.45) is 0. The van der Waals surface area contributed by atoms with E-state index in [0.29, 0.717) is 0 Å². The van der Waals surface area contributed by atoms with Gasteiger partial charge in [-0.1, -0.05) is 12.1 Å². The molecule has 0 amide bonds. The van der Waals surface area contributed by atoms with Crippen molar-refractivity contribution in [2.75, 3.05) is 14.2 Å². The summed E-state index contributed by atoms with van der Waals surface area (Å²) in [6, 6.07) is 20.8. The van der Waals surface area contributed by atoms with E-state index < -0.39 is 7.25 Å². The largest absolute Gasteiger partial charge is 0.673 e. The topological polar surface area (TPSA) is 18.5 Å². The SMILES string of the molecule is COc1ccc(-c2cc(C)[s+]c(-c3ccc(OC)cc3)c2)cc1.F[B-](F)(F)F. The molecule has 0 aliphatic heterocycles. The first kappa shape index (κ1) is 21.7. The first-order valence-corrected chi connectivity index (χ1v) is 9.12. The number of methoxy groups -OCH3 is 2. The van der Waals surface area contributed by atoms with Crippen molar-refractivity contribution < 1.29 is 26.7 Å². The van der Waals surface area contributed by atoms with Gasteiger partial charge in [0.2, 0.25) is 21.1 Å². The molecule has 0 unspecified atom stereocenters. The van der Waals surface area contributed by atoms with Gasteiger partial charge in [-0.15, -0.1) is 0 Å². The predicted octanol–water partition coefficient (Wildman–Crippen LogP) is 6.99. The van der Waals surface area contributed by atoms with Gasteiger partial charge < -0.3 is 26.7 Å². The van der Waals surface area contributed by atoms with E-state index >= 15 is 0 Å². The fourth-order valence-electron chi connectivity index (χ4n) is 2.48. The maximum absolute atomic E-state index is 9.75. The zero-order valence-electron chi connectivity index (χ0n) is 15.6. The molecule has 0 fully saturated rings. The Morgan fingerprint density at radius 1 is 0.679 bits per heavy atom. The van der Waals surface area contributed by atoms with Crippen molar-refractivity contribution in [2.24, 2.45) is 0 Å². The lowest BCUT2D eigenvalue weighted by atomic mass is 10.0. The number of halogens is 4. The predicted molar refractivity (Wildman–Crippen MR) is 108 cm³/mol. The molecule has 3 rings (SSSR count). The summed E-state index contributed by atoms with van der Waals surface area (Å²) in [5.41, 5.74) is 3.61. The van der Waals surface area contributed by atoms with Gasteiger partial charge in [0.1, 0.15) is 11.5 Å². The fraction of sp³-hybridized carbons (Fsp3) is 0.150. The van der Waals surface area contributed by atoms with Crippen LogP contribution in [0.15, 0.2) is 60.7 Å². The summed E-state index contributed by atoms with van der Waals surface area (Å²) in [5, 5.41) is 0. The maximum Gasteiger partial charge on any atom is 0.673 e. The highest BCUT2D eigenvalue weighted by Gasteiger charge is 2.20. The van der Waals surface area contributed by atoms with Crippen LogP contribution in [0.25, 0.3) is 21.6 Å². The molecule has 0 spiro atoms. The summed E-state index contributed by atoms with van der Waals surface area (Å²) in [5.74, 6) is 1.75. The minimum Gasteiger partial charge on any atom is -0.497 e. The lowest BCUT2D eigenvalue weighted by Gasteiger charge is -2.04. The van der Waals surface area contributed by atoms with Crippen molar-refractivity contribution in [3.05, 3.63) is 65.5 Å². The summed E-state index contributed by atoms with van der Waals surface area (Å²) in [7, 11) is -2.63. The van der Waals surface area contributed by atoms with Crippen LogP contribution < -0.4 is 9.47 Å². The maximum atomic E-state index is 9.75. The summed E-state index contributed by atoms with van der Waals surface area (Å²) >= 11 is 1.79. The van der Waals surface area contributed by atoms with E-state index in [2.05, 4.69) is 43.3 Å². The molecule has 8 heteroatoms. The van der Waals surface area contributed by atoms with Crippen molar-refractivity contribution in [2.45, 2.75) is 6.92 Å². The summed E-state index contributed by atoms with van der Waals surface area (Å²) < 4.78 is 49.5. The van der Waals surface area contributed by atoms with Crippen LogP contribution in [0.3, 0.4) is 0 Å². The van der Waals surface area contributed by atoms with Crippen molar-refractivity contribution >= 4 is 18.6 Å². The zero-order chi connectivity index (χ0) is 20.7. The van der Waals surface area contributed by atoms with E-state index in [4.69, 9.17) is 9.47 Å².